The number of hydrogen-bond acceptors (Lipinski definition) is 5. The lowest BCUT2D eigenvalue weighted by molar-refractivity contribution is -0.143. The predicted octanol–water partition coefficient (Wildman–Crippen LogP) is 0.972. The fraction of sp³-hybridized carbons (Fsp3) is 0.364. The molecule has 0 bridgehead atoms. The van der Waals surface area contributed by atoms with E-state index in [0.29, 0.717) is 30.2 Å². The van der Waals surface area contributed by atoms with Crippen LogP contribution in [0.15, 0.2) is 18.2 Å². The van der Waals surface area contributed by atoms with Gasteiger partial charge < -0.3 is 19.9 Å². The van der Waals surface area contributed by atoms with Gasteiger partial charge in [-0.2, -0.15) is 0 Å². The van der Waals surface area contributed by atoms with Gasteiger partial charge >= 0.3 is 5.97 Å². The van der Waals surface area contributed by atoms with Crippen LogP contribution in [0.2, 0.25) is 0 Å². The topological polar surface area (TPSA) is 70.8 Å². The van der Waals surface area contributed by atoms with Gasteiger partial charge in [0.05, 0.1) is 19.4 Å². The maximum absolute atomic E-state index is 11.2. The summed E-state index contributed by atoms with van der Waals surface area (Å²) in [5, 5.41) is 0. The summed E-state index contributed by atoms with van der Waals surface area (Å²) in [5.74, 6) is 0.804. The van der Waals surface area contributed by atoms with E-state index >= 15 is 0 Å². The van der Waals surface area contributed by atoms with Gasteiger partial charge in [0.1, 0.15) is 11.5 Å². The maximum Gasteiger partial charge on any atom is 0.347 e. The van der Waals surface area contributed by atoms with E-state index in [1.165, 1.54) is 0 Å². The van der Waals surface area contributed by atoms with Crippen molar-refractivity contribution >= 4 is 11.7 Å². The van der Waals surface area contributed by atoms with Gasteiger partial charge in [-0.3, -0.25) is 0 Å². The second kappa shape index (κ2) is 4.30. The van der Waals surface area contributed by atoms with Crippen LogP contribution in [0.3, 0.4) is 0 Å². The quantitative estimate of drug-likeness (QED) is 0.610. The summed E-state index contributed by atoms with van der Waals surface area (Å²) < 4.78 is 15.3. The normalized spacial score (nSPS) is 19.3. The molecule has 1 aliphatic heterocycles. The molecule has 1 fully saturated rings. The molecule has 86 valence electrons. The minimum atomic E-state index is -0.521. The van der Waals surface area contributed by atoms with Gasteiger partial charge in [-0.25, -0.2) is 4.79 Å². The first-order chi connectivity index (χ1) is 7.70. The van der Waals surface area contributed by atoms with Gasteiger partial charge in [0, 0.05) is 12.5 Å². The van der Waals surface area contributed by atoms with Crippen molar-refractivity contribution in [3.8, 4) is 11.5 Å². The number of nitrogen functional groups attached to an aromatic ring is 1. The number of methoxy groups -OCH3 is 1. The average molecular weight is 223 g/mol. The van der Waals surface area contributed by atoms with E-state index < -0.39 is 6.10 Å². The molecule has 1 heterocycles. The minimum Gasteiger partial charge on any atom is -0.495 e. The Labute approximate surface area is 93.1 Å². The second-order valence-corrected chi connectivity index (χ2v) is 3.47. The van der Waals surface area contributed by atoms with Crippen LogP contribution in [0.1, 0.15) is 6.42 Å². The van der Waals surface area contributed by atoms with Crippen LogP contribution in [-0.4, -0.2) is 25.8 Å². The zero-order valence-corrected chi connectivity index (χ0v) is 8.93. The minimum absolute atomic E-state index is 0.325. The fourth-order valence-electron chi connectivity index (χ4n) is 1.53. The molecule has 5 nitrogen and oxygen atoms in total. The van der Waals surface area contributed by atoms with E-state index in [1.807, 2.05) is 0 Å². The summed E-state index contributed by atoms with van der Waals surface area (Å²) in [6, 6.07) is 5.04. The molecule has 2 rings (SSSR count). The molecule has 0 spiro atoms. The number of carbonyl (C=O) groups is 1. The van der Waals surface area contributed by atoms with Crippen LogP contribution in [0.25, 0.3) is 0 Å². The maximum atomic E-state index is 11.2. The third kappa shape index (κ3) is 2.03. The van der Waals surface area contributed by atoms with E-state index in [9.17, 15) is 4.79 Å². The molecule has 0 saturated carbocycles. The Kier molecular flexibility index (Phi) is 2.85. The first kappa shape index (κ1) is 10.6. The number of hydrogen-bond donors (Lipinski definition) is 1. The Balaban J connectivity index is 2.10. The highest BCUT2D eigenvalue weighted by Crippen LogP contribution is 2.27. The number of ether oxygens (including phenoxy) is 3. The van der Waals surface area contributed by atoms with Crippen LogP contribution in [0, 0.1) is 0 Å². The van der Waals surface area contributed by atoms with Crippen molar-refractivity contribution < 1.29 is 19.0 Å². The third-order valence-corrected chi connectivity index (χ3v) is 2.37. The third-order valence-electron chi connectivity index (χ3n) is 2.37. The van der Waals surface area contributed by atoms with Crippen molar-refractivity contribution in [3.05, 3.63) is 18.2 Å². The number of carbonyl (C=O) groups excluding carboxylic acids is 1. The van der Waals surface area contributed by atoms with E-state index in [4.69, 9.17) is 19.9 Å². The van der Waals surface area contributed by atoms with E-state index in [2.05, 4.69) is 0 Å². The lowest BCUT2D eigenvalue weighted by Crippen LogP contribution is -2.21. The molecule has 1 aromatic rings. The molecule has 0 radical (unpaired) electrons. The number of esters is 1. The summed E-state index contributed by atoms with van der Waals surface area (Å²) in [6.07, 6.45) is 0.0536. The molecule has 2 N–H and O–H groups in total. The van der Waals surface area contributed by atoms with Gasteiger partial charge in [0.25, 0.3) is 0 Å². The molecule has 0 aromatic heterocycles. The van der Waals surface area contributed by atoms with Crippen molar-refractivity contribution in [2.24, 2.45) is 0 Å². The zero-order valence-electron chi connectivity index (χ0n) is 8.93. The van der Waals surface area contributed by atoms with Crippen molar-refractivity contribution in [2.45, 2.75) is 12.5 Å². The second-order valence-electron chi connectivity index (χ2n) is 3.47. The predicted molar refractivity (Wildman–Crippen MR) is 57.4 cm³/mol. The molecule has 5 heteroatoms. The number of rotatable bonds is 3. The SMILES string of the molecule is COc1ccc(OC2CCOC2=O)cc1N. The highest BCUT2D eigenvalue weighted by molar-refractivity contribution is 5.76. The summed E-state index contributed by atoms with van der Waals surface area (Å²) >= 11 is 0. The first-order valence-corrected chi connectivity index (χ1v) is 4.97. The number of anilines is 1. The summed E-state index contributed by atoms with van der Waals surface area (Å²) in [5.41, 5.74) is 6.20. The highest BCUT2D eigenvalue weighted by Gasteiger charge is 2.28. The van der Waals surface area contributed by atoms with Gasteiger partial charge in [0.2, 0.25) is 0 Å². The van der Waals surface area contributed by atoms with Crippen LogP contribution in [0.4, 0.5) is 5.69 Å². The van der Waals surface area contributed by atoms with E-state index in [1.54, 1.807) is 25.3 Å². The lowest BCUT2D eigenvalue weighted by Gasteiger charge is -2.11. The van der Waals surface area contributed by atoms with Crippen molar-refractivity contribution in [1.82, 2.24) is 0 Å². The fourth-order valence-corrected chi connectivity index (χ4v) is 1.53. The zero-order chi connectivity index (χ0) is 11.5. The lowest BCUT2D eigenvalue weighted by atomic mass is 10.2. The van der Waals surface area contributed by atoms with Crippen LogP contribution < -0.4 is 15.2 Å². The molecule has 0 aliphatic carbocycles. The molecule has 1 aromatic carbocycles. The van der Waals surface area contributed by atoms with Crippen molar-refractivity contribution in [1.29, 1.82) is 0 Å². The molecule has 1 atom stereocenters. The van der Waals surface area contributed by atoms with Crippen LogP contribution >= 0.6 is 0 Å². The number of benzene rings is 1. The number of nitrogens with two attached hydrogens (primary N) is 1. The largest absolute Gasteiger partial charge is 0.495 e. The molecule has 0 amide bonds. The molecule has 1 aliphatic rings. The Bertz CT molecular complexity index is 405. The molecule has 16 heavy (non-hydrogen) atoms. The van der Waals surface area contributed by atoms with Crippen molar-refractivity contribution in [2.75, 3.05) is 19.5 Å². The summed E-state index contributed by atoms with van der Waals surface area (Å²) in [6.45, 7) is 0.412. The Morgan fingerprint density at radius 1 is 1.50 bits per heavy atom. The molecule has 1 saturated heterocycles. The summed E-state index contributed by atoms with van der Waals surface area (Å²) in [4.78, 5) is 11.2. The van der Waals surface area contributed by atoms with Crippen LogP contribution in [0.5, 0.6) is 11.5 Å². The molecular formula is C11H13NO4. The monoisotopic (exact) mass is 223 g/mol. The highest BCUT2D eigenvalue weighted by atomic mass is 16.6. The van der Waals surface area contributed by atoms with Gasteiger partial charge in [-0.15, -0.1) is 0 Å². The Morgan fingerprint density at radius 3 is 2.88 bits per heavy atom. The Morgan fingerprint density at radius 2 is 2.31 bits per heavy atom. The van der Waals surface area contributed by atoms with Gasteiger partial charge in [0.15, 0.2) is 6.10 Å². The van der Waals surface area contributed by atoms with Gasteiger partial charge in [-0.1, -0.05) is 0 Å². The average Bonchev–Trinajstić information content (AvgIpc) is 2.65. The summed E-state index contributed by atoms with van der Waals surface area (Å²) in [7, 11) is 1.54. The molecule has 1 unspecified atom stereocenters. The Hall–Kier alpha value is -1.91. The first-order valence-electron chi connectivity index (χ1n) is 4.97. The van der Waals surface area contributed by atoms with Gasteiger partial charge in [-0.05, 0) is 12.1 Å². The van der Waals surface area contributed by atoms with E-state index in [-0.39, 0.29) is 5.97 Å². The number of cyclic esters (lactones) is 1. The molecular weight excluding hydrogens is 210 g/mol. The van der Waals surface area contributed by atoms with Crippen molar-refractivity contribution in [3.63, 3.8) is 0 Å². The standard InChI is InChI=1S/C11H13NO4/c1-14-9-3-2-7(6-8(9)12)16-10-4-5-15-11(10)13/h2-3,6,10H,4-5,12H2,1H3. The van der Waals surface area contributed by atoms with Crippen LogP contribution in [-0.2, 0) is 9.53 Å². The van der Waals surface area contributed by atoms with E-state index in [0.717, 1.165) is 0 Å². The smallest absolute Gasteiger partial charge is 0.347 e.